The molecule has 0 aliphatic heterocycles. The summed E-state index contributed by atoms with van der Waals surface area (Å²) in [4.78, 5) is 11.7. The standard InChI is InChI=1S/C12H16F2N2OS/c1-18-6-5-10(15)12(17)16-9-4-2-3-8(7-9)11(13)14/h2-4,7,10-11H,5-6,15H2,1H3,(H,16,17)/t10-/m0/s1. The van der Waals surface area contributed by atoms with E-state index < -0.39 is 12.5 Å². The first-order valence-corrected chi connectivity index (χ1v) is 6.87. The molecule has 6 heteroatoms. The van der Waals surface area contributed by atoms with Crippen LogP contribution in [0.1, 0.15) is 18.4 Å². The molecule has 1 atom stereocenters. The first kappa shape index (κ1) is 14.9. The molecule has 3 nitrogen and oxygen atoms in total. The lowest BCUT2D eigenvalue weighted by Gasteiger charge is -2.12. The zero-order chi connectivity index (χ0) is 13.5. The number of halogens is 2. The van der Waals surface area contributed by atoms with Crippen molar-refractivity contribution in [2.24, 2.45) is 5.73 Å². The van der Waals surface area contributed by atoms with Crippen LogP contribution in [-0.4, -0.2) is 24.0 Å². The highest BCUT2D eigenvalue weighted by molar-refractivity contribution is 7.98. The molecule has 0 aromatic heterocycles. The summed E-state index contributed by atoms with van der Waals surface area (Å²) < 4.78 is 24.9. The Labute approximate surface area is 109 Å². The number of carbonyl (C=O) groups excluding carboxylic acids is 1. The summed E-state index contributed by atoms with van der Waals surface area (Å²) in [5.41, 5.74) is 5.90. The van der Waals surface area contributed by atoms with Crippen molar-refractivity contribution in [1.29, 1.82) is 0 Å². The average Bonchev–Trinajstić information content (AvgIpc) is 2.36. The Morgan fingerprint density at radius 2 is 2.22 bits per heavy atom. The van der Waals surface area contributed by atoms with Crippen molar-refractivity contribution >= 4 is 23.4 Å². The van der Waals surface area contributed by atoms with Gasteiger partial charge in [-0.1, -0.05) is 12.1 Å². The molecule has 1 aromatic rings. The molecule has 0 bridgehead atoms. The van der Waals surface area contributed by atoms with Crippen LogP contribution < -0.4 is 11.1 Å². The third-order valence-electron chi connectivity index (χ3n) is 2.38. The van der Waals surface area contributed by atoms with E-state index in [1.54, 1.807) is 17.8 Å². The predicted molar refractivity (Wildman–Crippen MR) is 71.0 cm³/mol. The van der Waals surface area contributed by atoms with Gasteiger partial charge in [0.15, 0.2) is 0 Å². The average molecular weight is 274 g/mol. The summed E-state index contributed by atoms with van der Waals surface area (Å²) >= 11 is 1.60. The first-order chi connectivity index (χ1) is 8.54. The van der Waals surface area contributed by atoms with Gasteiger partial charge in [-0.05, 0) is 30.6 Å². The third-order valence-corrected chi connectivity index (χ3v) is 3.02. The molecular weight excluding hydrogens is 258 g/mol. The number of nitrogens with two attached hydrogens (primary N) is 1. The number of hydrogen-bond acceptors (Lipinski definition) is 3. The summed E-state index contributed by atoms with van der Waals surface area (Å²) in [6.07, 6.45) is -0.0647. The third kappa shape index (κ3) is 4.62. The van der Waals surface area contributed by atoms with Gasteiger partial charge in [-0.15, -0.1) is 0 Å². The molecule has 1 rings (SSSR count). The zero-order valence-electron chi connectivity index (χ0n) is 10.0. The Morgan fingerprint density at radius 1 is 1.50 bits per heavy atom. The van der Waals surface area contributed by atoms with E-state index in [4.69, 9.17) is 5.73 Å². The van der Waals surface area contributed by atoms with Crippen LogP contribution >= 0.6 is 11.8 Å². The molecule has 0 fully saturated rings. The number of amides is 1. The van der Waals surface area contributed by atoms with E-state index in [0.29, 0.717) is 12.1 Å². The minimum atomic E-state index is -2.55. The van der Waals surface area contributed by atoms with Crippen molar-refractivity contribution < 1.29 is 13.6 Å². The van der Waals surface area contributed by atoms with Crippen molar-refractivity contribution in [1.82, 2.24) is 0 Å². The molecule has 0 heterocycles. The summed E-state index contributed by atoms with van der Waals surface area (Å²) in [5.74, 6) is 0.432. The number of alkyl halides is 2. The molecule has 1 aromatic carbocycles. The minimum Gasteiger partial charge on any atom is -0.325 e. The van der Waals surface area contributed by atoms with E-state index in [2.05, 4.69) is 5.32 Å². The van der Waals surface area contributed by atoms with Crippen molar-refractivity contribution in [3.8, 4) is 0 Å². The fourth-order valence-electron chi connectivity index (χ4n) is 1.36. The maximum absolute atomic E-state index is 12.5. The van der Waals surface area contributed by atoms with Crippen LogP contribution in [0.25, 0.3) is 0 Å². The van der Waals surface area contributed by atoms with Gasteiger partial charge in [0.2, 0.25) is 5.91 Å². The van der Waals surface area contributed by atoms with Gasteiger partial charge in [0.25, 0.3) is 6.43 Å². The first-order valence-electron chi connectivity index (χ1n) is 5.48. The van der Waals surface area contributed by atoms with Crippen LogP contribution in [0.15, 0.2) is 24.3 Å². The lowest BCUT2D eigenvalue weighted by Crippen LogP contribution is -2.36. The Balaban J connectivity index is 2.61. The van der Waals surface area contributed by atoms with E-state index in [-0.39, 0.29) is 11.5 Å². The molecule has 1 amide bonds. The maximum atomic E-state index is 12.5. The Bertz CT molecular complexity index is 401. The number of anilines is 1. The molecular formula is C12H16F2N2OS. The van der Waals surface area contributed by atoms with Gasteiger partial charge in [0, 0.05) is 11.3 Å². The summed E-state index contributed by atoms with van der Waals surface area (Å²) in [7, 11) is 0. The van der Waals surface area contributed by atoms with Gasteiger partial charge >= 0.3 is 0 Å². The largest absolute Gasteiger partial charge is 0.325 e. The molecule has 100 valence electrons. The Morgan fingerprint density at radius 3 is 2.83 bits per heavy atom. The van der Waals surface area contributed by atoms with Gasteiger partial charge in [0.1, 0.15) is 0 Å². The monoisotopic (exact) mass is 274 g/mol. The molecule has 18 heavy (non-hydrogen) atoms. The number of nitrogens with one attached hydrogen (secondary N) is 1. The molecule has 0 aliphatic rings. The maximum Gasteiger partial charge on any atom is 0.263 e. The lowest BCUT2D eigenvalue weighted by atomic mass is 10.2. The fraction of sp³-hybridized carbons (Fsp3) is 0.417. The summed E-state index contributed by atoms with van der Waals surface area (Å²) in [6.45, 7) is 0. The molecule has 0 aliphatic carbocycles. The van der Waals surface area contributed by atoms with Crippen LogP contribution in [-0.2, 0) is 4.79 Å². The highest BCUT2D eigenvalue weighted by Gasteiger charge is 2.14. The quantitative estimate of drug-likeness (QED) is 0.838. The van der Waals surface area contributed by atoms with Crippen molar-refractivity contribution in [3.63, 3.8) is 0 Å². The van der Waals surface area contributed by atoms with Gasteiger partial charge < -0.3 is 11.1 Å². The van der Waals surface area contributed by atoms with E-state index in [1.807, 2.05) is 6.26 Å². The second-order valence-corrected chi connectivity index (χ2v) is 4.79. The van der Waals surface area contributed by atoms with Gasteiger partial charge in [0.05, 0.1) is 6.04 Å². The summed E-state index contributed by atoms with van der Waals surface area (Å²) in [6, 6.07) is 4.99. The number of hydrogen-bond donors (Lipinski definition) is 2. The molecule has 0 radical (unpaired) electrons. The van der Waals surface area contributed by atoms with Crippen LogP contribution in [0.5, 0.6) is 0 Å². The van der Waals surface area contributed by atoms with E-state index >= 15 is 0 Å². The highest BCUT2D eigenvalue weighted by atomic mass is 32.2. The van der Waals surface area contributed by atoms with Crippen LogP contribution in [0.4, 0.5) is 14.5 Å². The number of thioether (sulfide) groups is 1. The zero-order valence-corrected chi connectivity index (χ0v) is 10.8. The molecule has 0 spiro atoms. The smallest absolute Gasteiger partial charge is 0.263 e. The van der Waals surface area contributed by atoms with Crippen molar-refractivity contribution in [2.45, 2.75) is 18.9 Å². The number of rotatable bonds is 6. The van der Waals surface area contributed by atoms with E-state index in [1.165, 1.54) is 18.2 Å². The normalized spacial score (nSPS) is 12.5. The second-order valence-electron chi connectivity index (χ2n) is 3.80. The number of benzene rings is 1. The van der Waals surface area contributed by atoms with Crippen LogP contribution in [0, 0.1) is 0 Å². The SMILES string of the molecule is CSCC[C@H](N)C(=O)Nc1cccc(C(F)F)c1. The molecule has 0 saturated heterocycles. The van der Waals surface area contributed by atoms with Crippen molar-refractivity contribution in [3.05, 3.63) is 29.8 Å². The van der Waals surface area contributed by atoms with Gasteiger partial charge in [-0.2, -0.15) is 11.8 Å². The van der Waals surface area contributed by atoms with E-state index in [0.717, 1.165) is 5.75 Å². The number of carbonyl (C=O) groups is 1. The van der Waals surface area contributed by atoms with Crippen molar-refractivity contribution in [2.75, 3.05) is 17.3 Å². The van der Waals surface area contributed by atoms with Crippen LogP contribution in [0.3, 0.4) is 0 Å². The lowest BCUT2D eigenvalue weighted by molar-refractivity contribution is -0.117. The topological polar surface area (TPSA) is 55.1 Å². The van der Waals surface area contributed by atoms with Gasteiger partial charge in [-0.25, -0.2) is 8.78 Å². The Hall–Kier alpha value is -1.14. The van der Waals surface area contributed by atoms with Crippen LogP contribution in [0.2, 0.25) is 0 Å². The molecule has 3 N–H and O–H groups in total. The summed E-state index contributed by atoms with van der Waals surface area (Å²) in [5, 5.41) is 2.54. The molecule has 0 unspecified atom stereocenters. The van der Waals surface area contributed by atoms with Gasteiger partial charge in [-0.3, -0.25) is 4.79 Å². The Kier molecular flexibility index (Phi) is 6.07. The second kappa shape index (κ2) is 7.33. The predicted octanol–water partition coefficient (Wildman–Crippen LogP) is 2.64. The minimum absolute atomic E-state index is 0.120. The van der Waals surface area contributed by atoms with E-state index in [9.17, 15) is 13.6 Å². The fourth-order valence-corrected chi connectivity index (χ4v) is 1.85. The molecule has 0 saturated carbocycles. The highest BCUT2D eigenvalue weighted by Crippen LogP contribution is 2.21.